The van der Waals surface area contributed by atoms with Gasteiger partial charge in [0.1, 0.15) is 0 Å². The number of hydrogen-bond acceptors (Lipinski definition) is 5. The highest BCUT2D eigenvalue weighted by atomic mass is 16.4. The average Bonchev–Trinajstić information content (AvgIpc) is 2.74. The smallest absolute Gasteiger partial charge is 0.230 e. The van der Waals surface area contributed by atoms with Gasteiger partial charge in [-0.3, -0.25) is 4.90 Å². The van der Waals surface area contributed by atoms with Crippen molar-refractivity contribution in [2.75, 3.05) is 6.54 Å². The maximum absolute atomic E-state index is 10.1. The minimum Gasteiger partial charge on any atom is -0.424 e. The predicted molar refractivity (Wildman–Crippen MR) is 58.8 cm³/mol. The van der Waals surface area contributed by atoms with Crippen molar-refractivity contribution < 1.29 is 9.52 Å². The molecule has 0 amide bonds. The van der Waals surface area contributed by atoms with E-state index < -0.39 is 5.60 Å². The minimum absolute atomic E-state index is 0.180. The molecule has 0 saturated carbocycles. The molecule has 0 aromatic carbocycles. The summed E-state index contributed by atoms with van der Waals surface area (Å²) in [5.74, 6) is 1.22. The molecule has 1 saturated heterocycles. The fourth-order valence-corrected chi connectivity index (χ4v) is 2.39. The van der Waals surface area contributed by atoms with E-state index in [9.17, 15) is 5.11 Å². The summed E-state index contributed by atoms with van der Waals surface area (Å²) in [5.41, 5.74) is -0.675. The molecule has 1 atom stereocenters. The molecule has 1 aliphatic rings. The Morgan fingerprint density at radius 1 is 1.50 bits per heavy atom. The van der Waals surface area contributed by atoms with E-state index in [4.69, 9.17) is 4.42 Å². The first kappa shape index (κ1) is 11.5. The van der Waals surface area contributed by atoms with Crippen LogP contribution in [0.2, 0.25) is 0 Å². The van der Waals surface area contributed by atoms with Gasteiger partial charge in [-0.15, -0.1) is 10.2 Å². The Morgan fingerprint density at radius 2 is 2.25 bits per heavy atom. The van der Waals surface area contributed by atoms with Crippen LogP contribution in [-0.2, 0) is 6.54 Å². The summed E-state index contributed by atoms with van der Waals surface area (Å²) in [4.78, 5) is 2.22. The van der Waals surface area contributed by atoms with Crippen LogP contribution in [0.1, 0.15) is 38.5 Å². The summed E-state index contributed by atoms with van der Waals surface area (Å²) in [6.45, 7) is 7.11. The van der Waals surface area contributed by atoms with Crippen molar-refractivity contribution in [2.45, 2.75) is 51.8 Å². The molecule has 90 valence electrons. The standard InChI is InChI=1S/C11H19N3O2/c1-8-12-13-10(16-8)7-14-6-4-5-9(14)11(2,3)15/h9,15H,4-7H2,1-3H3. The molecule has 1 aromatic rings. The van der Waals surface area contributed by atoms with E-state index >= 15 is 0 Å². The van der Waals surface area contributed by atoms with Crippen LogP contribution >= 0.6 is 0 Å². The van der Waals surface area contributed by atoms with Gasteiger partial charge < -0.3 is 9.52 Å². The van der Waals surface area contributed by atoms with Gasteiger partial charge in [-0.1, -0.05) is 0 Å². The molecule has 1 aromatic heterocycles. The summed E-state index contributed by atoms with van der Waals surface area (Å²) >= 11 is 0. The highest BCUT2D eigenvalue weighted by Crippen LogP contribution is 2.27. The normalized spacial score (nSPS) is 22.9. The lowest BCUT2D eigenvalue weighted by Crippen LogP contribution is -2.45. The molecule has 5 heteroatoms. The molecule has 0 aliphatic carbocycles. The molecule has 1 fully saturated rings. The second-order valence-electron chi connectivity index (χ2n) is 5.00. The molecule has 0 spiro atoms. The summed E-state index contributed by atoms with van der Waals surface area (Å²) in [7, 11) is 0. The first-order valence-corrected chi connectivity index (χ1v) is 5.72. The zero-order chi connectivity index (χ0) is 11.8. The summed E-state index contributed by atoms with van der Waals surface area (Å²) in [5, 5.41) is 17.9. The van der Waals surface area contributed by atoms with E-state index in [1.54, 1.807) is 6.92 Å². The van der Waals surface area contributed by atoms with Crippen LogP contribution < -0.4 is 0 Å². The number of aromatic nitrogens is 2. The number of aliphatic hydroxyl groups is 1. The molecule has 1 aliphatic heterocycles. The SMILES string of the molecule is Cc1nnc(CN2CCCC2C(C)(C)O)o1. The number of aryl methyl sites for hydroxylation is 1. The maximum Gasteiger partial charge on any atom is 0.230 e. The van der Waals surface area contributed by atoms with Gasteiger partial charge >= 0.3 is 0 Å². The summed E-state index contributed by atoms with van der Waals surface area (Å²) in [6, 6.07) is 0.180. The Labute approximate surface area is 95.5 Å². The topological polar surface area (TPSA) is 62.4 Å². The molecule has 0 radical (unpaired) electrons. The fourth-order valence-electron chi connectivity index (χ4n) is 2.39. The lowest BCUT2D eigenvalue weighted by Gasteiger charge is -2.32. The van der Waals surface area contributed by atoms with Crippen molar-refractivity contribution in [1.82, 2.24) is 15.1 Å². The molecule has 16 heavy (non-hydrogen) atoms. The molecule has 1 N–H and O–H groups in total. The van der Waals surface area contributed by atoms with Crippen LogP contribution in [-0.4, -0.2) is 38.4 Å². The molecule has 5 nitrogen and oxygen atoms in total. The van der Waals surface area contributed by atoms with E-state index in [1.807, 2.05) is 13.8 Å². The highest BCUT2D eigenvalue weighted by Gasteiger charge is 2.36. The van der Waals surface area contributed by atoms with Crippen molar-refractivity contribution in [1.29, 1.82) is 0 Å². The van der Waals surface area contributed by atoms with Gasteiger partial charge in [-0.2, -0.15) is 0 Å². The summed E-state index contributed by atoms with van der Waals surface area (Å²) in [6.07, 6.45) is 2.14. The Kier molecular flexibility index (Phi) is 2.99. The molecule has 2 rings (SSSR count). The largest absolute Gasteiger partial charge is 0.424 e. The van der Waals surface area contributed by atoms with Crippen LogP contribution in [0.3, 0.4) is 0 Å². The maximum atomic E-state index is 10.1. The van der Waals surface area contributed by atoms with Crippen molar-refractivity contribution in [3.63, 3.8) is 0 Å². The van der Waals surface area contributed by atoms with Crippen LogP contribution in [0, 0.1) is 6.92 Å². The van der Waals surface area contributed by atoms with Gasteiger partial charge in [0.25, 0.3) is 0 Å². The molecule has 1 unspecified atom stereocenters. The predicted octanol–water partition coefficient (Wildman–Crippen LogP) is 1.11. The van der Waals surface area contributed by atoms with Gasteiger partial charge in [0.05, 0.1) is 12.1 Å². The van der Waals surface area contributed by atoms with Crippen LogP contribution in [0.5, 0.6) is 0 Å². The van der Waals surface area contributed by atoms with Gasteiger partial charge in [-0.05, 0) is 33.2 Å². The zero-order valence-corrected chi connectivity index (χ0v) is 10.1. The van der Waals surface area contributed by atoms with E-state index in [0.29, 0.717) is 18.3 Å². The first-order chi connectivity index (χ1) is 7.47. The highest BCUT2D eigenvalue weighted by molar-refractivity contribution is 4.92. The second kappa shape index (κ2) is 4.14. The number of nitrogens with zero attached hydrogens (tertiary/aromatic N) is 3. The van der Waals surface area contributed by atoms with Crippen molar-refractivity contribution in [3.05, 3.63) is 11.8 Å². The quantitative estimate of drug-likeness (QED) is 0.835. The lowest BCUT2D eigenvalue weighted by molar-refractivity contribution is -0.00733. The lowest BCUT2D eigenvalue weighted by atomic mass is 9.97. The first-order valence-electron chi connectivity index (χ1n) is 5.72. The van der Waals surface area contributed by atoms with Gasteiger partial charge in [0.2, 0.25) is 11.8 Å². The number of rotatable bonds is 3. The van der Waals surface area contributed by atoms with Crippen molar-refractivity contribution in [3.8, 4) is 0 Å². The third kappa shape index (κ3) is 2.41. The Hall–Kier alpha value is -0.940. The van der Waals surface area contributed by atoms with E-state index in [-0.39, 0.29) is 6.04 Å². The average molecular weight is 225 g/mol. The Bertz CT molecular complexity index is 356. The number of hydrogen-bond donors (Lipinski definition) is 1. The van der Waals surface area contributed by atoms with E-state index in [0.717, 1.165) is 19.4 Å². The van der Waals surface area contributed by atoms with Gasteiger partial charge in [-0.25, -0.2) is 0 Å². The second-order valence-corrected chi connectivity index (χ2v) is 5.00. The zero-order valence-electron chi connectivity index (χ0n) is 10.1. The monoisotopic (exact) mass is 225 g/mol. The molecule has 2 heterocycles. The third-order valence-electron chi connectivity index (χ3n) is 3.09. The Balaban J connectivity index is 2.04. The van der Waals surface area contributed by atoms with Gasteiger partial charge in [0.15, 0.2) is 0 Å². The van der Waals surface area contributed by atoms with Crippen LogP contribution in [0.4, 0.5) is 0 Å². The Morgan fingerprint density at radius 3 is 2.81 bits per heavy atom. The molecule has 0 bridgehead atoms. The van der Waals surface area contributed by atoms with E-state index in [1.165, 1.54) is 0 Å². The van der Waals surface area contributed by atoms with E-state index in [2.05, 4.69) is 15.1 Å². The number of likely N-dealkylation sites (tertiary alicyclic amines) is 1. The molecular formula is C11H19N3O2. The van der Waals surface area contributed by atoms with Crippen molar-refractivity contribution >= 4 is 0 Å². The fraction of sp³-hybridized carbons (Fsp3) is 0.818. The van der Waals surface area contributed by atoms with Crippen LogP contribution in [0.15, 0.2) is 4.42 Å². The minimum atomic E-state index is -0.675. The summed E-state index contributed by atoms with van der Waals surface area (Å²) < 4.78 is 5.36. The van der Waals surface area contributed by atoms with Crippen LogP contribution in [0.25, 0.3) is 0 Å². The third-order valence-corrected chi connectivity index (χ3v) is 3.09. The van der Waals surface area contributed by atoms with Crippen molar-refractivity contribution in [2.24, 2.45) is 0 Å². The molecular weight excluding hydrogens is 206 g/mol. The van der Waals surface area contributed by atoms with Gasteiger partial charge in [0, 0.05) is 13.0 Å².